The predicted molar refractivity (Wildman–Crippen MR) is 109 cm³/mol. The summed E-state index contributed by atoms with van der Waals surface area (Å²) < 4.78 is 0. The van der Waals surface area contributed by atoms with Gasteiger partial charge in [-0.1, -0.05) is 18.2 Å². The number of hydrogen-bond acceptors (Lipinski definition) is 5. The lowest BCUT2D eigenvalue weighted by Crippen LogP contribution is -2.38. The minimum absolute atomic E-state index is 0.154. The van der Waals surface area contributed by atoms with E-state index in [1.807, 2.05) is 30.3 Å². The highest BCUT2D eigenvalue weighted by molar-refractivity contribution is 7.99. The first-order valence-corrected chi connectivity index (χ1v) is 9.81. The number of aliphatic hydroxyl groups excluding tert-OH is 2. The maximum absolute atomic E-state index is 10.2. The zero-order valence-corrected chi connectivity index (χ0v) is 15.7. The van der Waals surface area contributed by atoms with E-state index in [9.17, 15) is 5.11 Å². The molecular weight excluding hydrogens is 332 g/mol. The lowest BCUT2D eigenvalue weighted by molar-refractivity contribution is 0.202. The van der Waals surface area contributed by atoms with Gasteiger partial charge in [0, 0.05) is 41.2 Å². The average molecular weight is 361 g/mol. The Morgan fingerprint density at radius 1 is 1.00 bits per heavy atom. The fourth-order valence-corrected chi connectivity index (χ4v) is 3.28. The number of hydrogen-bond donors (Lipinski definition) is 3. The van der Waals surface area contributed by atoms with E-state index >= 15 is 0 Å². The largest absolute Gasteiger partial charge is 0.396 e. The van der Waals surface area contributed by atoms with E-state index in [1.54, 1.807) is 11.8 Å². The van der Waals surface area contributed by atoms with Crippen LogP contribution in [0.2, 0.25) is 0 Å². The zero-order valence-electron chi connectivity index (χ0n) is 14.9. The molecule has 2 rings (SSSR count). The number of benzene rings is 2. The van der Waals surface area contributed by atoms with Gasteiger partial charge in [-0.2, -0.15) is 11.8 Å². The van der Waals surface area contributed by atoms with Crippen LogP contribution < -0.4 is 10.2 Å². The molecular formula is C20H28N2O2S. The van der Waals surface area contributed by atoms with Gasteiger partial charge in [-0.05, 0) is 50.2 Å². The smallest absolute Gasteiger partial charge is 0.0805 e. The number of thioether (sulfide) groups is 1. The van der Waals surface area contributed by atoms with E-state index in [2.05, 4.69) is 48.3 Å². The molecule has 2 aromatic carbocycles. The summed E-state index contributed by atoms with van der Waals surface area (Å²) in [7, 11) is 0. The van der Waals surface area contributed by atoms with Crippen molar-refractivity contribution in [2.24, 2.45) is 0 Å². The fourth-order valence-electron chi connectivity index (χ4n) is 2.60. The molecule has 2 aromatic rings. The number of anilines is 3. The van der Waals surface area contributed by atoms with Crippen LogP contribution in [0.4, 0.5) is 17.1 Å². The van der Waals surface area contributed by atoms with Gasteiger partial charge >= 0.3 is 0 Å². The Bertz CT molecular complexity index is 605. The van der Waals surface area contributed by atoms with Crippen LogP contribution in [-0.4, -0.2) is 47.0 Å². The SMILES string of the molecule is CC(C)N(CC(O)CSCCO)c1ccc(Nc2ccccc2)cc1. The fraction of sp³-hybridized carbons (Fsp3) is 0.400. The second kappa shape index (κ2) is 10.3. The summed E-state index contributed by atoms with van der Waals surface area (Å²) in [5.41, 5.74) is 3.20. The van der Waals surface area contributed by atoms with E-state index in [0.29, 0.717) is 24.1 Å². The first-order valence-electron chi connectivity index (χ1n) is 8.65. The molecule has 0 saturated heterocycles. The highest BCUT2D eigenvalue weighted by atomic mass is 32.2. The van der Waals surface area contributed by atoms with Gasteiger partial charge in [-0.25, -0.2) is 0 Å². The van der Waals surface area contributed by atoms with Crippen LogP contribution in [0.25, 0.3) is 0 Å². The predicted octanol–water partition coefficient (Wildman–Crippen LogP) is 3.73. The van der Waals surface area contributed by atoms with Gasteiger partial charge in [0.2, 0.25) is 0 Å². The normalized spacial score (nSPS) is 12.2. The Kier molecular flexibility index (Phi) is 8.12. The molecule has 136 valence electrons. The Hall–Kier alpha value is -1.69. The zero-order chi connectivity index (χ0) is 18.1. The molecule has 0 fully saturated rings. The topological polar surface area (TPSA) is 55.7 Å². The highest BCUT2D eigenvalue weighted by Gasteiger charge is 2.15. The van der Waals surface area contributed by atoms with Gasteiger partial charge < -0.3 is 20.4 Å². The van der Waals surface area contributed by atoms with Crippen LogP contribution in [-0.2, 0) is 0 Å². The van der Waals surface area contributed by atoms with Gasteiger partial charge in [-0.15, -0.1) is 0 Å². The van der Waals surface area contributed by atoms with Crippen molar-refractivity contribution in [1.82, 2.24) is 0 Å². The first kappa shape index (κ1) is 19.6. The van der Waals surface area contributed by atoms with Crippen LogP contribution in [0.3, 0.4) is 0 Å². The Morgan fingerprint density at radius 3 is 2.24 bits per heavy atom. The van der Waals surface area contributed by atoms with Gasteiger partial charge in [0.15, 0.2) is 0 Å². The Labute approximate surface area is 154 Å². The van der Waals surface area contributed by atoms with Crippen molar-refractivity contribution in [3.05, 3.63) is 54.6 Å². The quantitative estimate of drug-likeness (QED) is 0.564. The monoisotopic (exact) mass is 360 g/mol. The minimum Gasteiger partial charge on any atom is -0.396 e. The van der Waals surface area contributed by atoms with Crippen molar-refractivity contribution in [3.8, 4) is 0 Å². The van der Waals surface area contributed by atoms with Crippen molar-refractivity contribution >= 4 is 28.8 Å². The van der Waals surface area contributed by atoms with E-state index in [-0.39, 0.29) is 6.61 Å². The molecule has 0 spiro atoms. The molecule has 0 aromatic heterocycles. The number of rotatable bonds is 10. The van der Waals surface area contributed by atoms with Gasteiger partial charge in [0.25, 0.3) is 0 Å². The van der Waals surface area contributed by atoms with Crippen molar-refractivity contribution in [3.63, 3.8) is 0 Å². The number of nitrogens with one attached hydrogen (secondary N) is 1. The second-order valence-electron chi connectivity index (χ2n) is 6.24. The maximum atomic E-state index is 10.2. The highest BCUT2D eigenvalue weighted by Crippen LogP contribution is 2.23. The number of nitrogens with zero attached hydrogens (tertiary/aromatic N) is 1. The van der Waals surface area contributed by atoms with Crippen molar-refractivity contribution in [1.29, 1.82) is 0 Å². The summed E-state index contributed by atoms with van der Waals surface area (Å²) in [6, 6.07) is 18.7. The van der Waals surface area contributed by atoms with Crippen LogP contribution in [0, 0.1) is 0 Å². The maximum Gasteiger partial charge on any atom is 0.0805 e. The molecule has 5 heteroatoms. The molecule has 0 bridgehead atoms. The van der Waals surface area contributed by atoms with Crippen molar-refractivity contribution < 1.29 is 10.2 Å². The van der Waals surface area contributed by atoms with Crippen LogP contribution in [0.5, 0.6) is 0 Å². The molecule has 0 aliphatic rings. The number of para-hydroxylation sites is 1. The van der Waals surface area contributed by atoms with Crippen molar-refractivity contribution in [2.75, 3.05) is 34.9 Å². The summed E-state index contributed by atoms with van der Waals surface area (Å²) in [6.45, 7) is 5.00. The summed E-state index contributed by atoms with van der Waals surface area (Å²) >= 11 is 1.58. The molecule has 0 aliphatic carbocycles. The molecule has 1 unspecified atom stereocenters. The Morgan fingerprint density at radius 2 is 1.64 bits per heavy atom. The molecule has 1 atom stereocenters. The van der Waals surface area contributed by atoms with E-state index in [1.165, 1.54) is 0 Å². The third kappa shape index (κ3) is 6.61. The third-order valence-electron chi connectivity index (χ3n) is 3.84. The molecule has 0 heterocycles. The molecule has 0 amide bonds. The van der Waals surface area contributed by atoms with Crippen LogP contribution in [0.1, 0.15) is 13.8 Å². The lowest BCUT2D eigenvalue weighted by Gasteiger charge is -2.31. The molecule has 25 heavy (non-hydrogen) atoms. The minimum atomic E-state index is -0.416. The van der Waals surface area contributed by atoms with Gasteiger partial charge in [0.1, 0.15) is 0 Å². The van der Waals surface area contributed by atoms with Gasteiger partial charge in [-0.3, -0.25) is 0 Å². The second-order valence-corrected chi connectivity index (χ2v) is 7.39. The standard InChI is InChI=1S/C20H28N2O2S/c1-16(2)22(14-20(24)15-25-13-12-23)19-10-8-18(9-11-19)21-17-6-4-3-5-7-17/h3-11,16,20-21,23-24H,12-15H2,1-2H3. The molecule has 0 aliphatic heterocycles. The summed E-state index contributed by atoms with van der Waals surface area (Å²) in [6.07, 6.45) is -0.416. The average Bonchev–Trinajstić information content (AvgIpc) is 2.61. The third-order valence-corrected chi connectivity index (χ3v) is 4.93. The lowest BCUT2D eigenvalue weighted by atomic mass is 10.2. The molecule has 4 nitrogen and oxygen atoms in total. The van der Waals surface area contributed by atoms with Crippen LogP contribution in [0.15, 0.2) is 54.6 Å². The molecule has 3 N–H and O–H groups in total. The first-order chi connectivity index (χ1) is 12.1. The van der Waals surface area contributed by atoms with E-state index in [4.69, 9.17) is 5.11 Å². The molecule has 0 saturated carbocycles. The number of aliphatic hydroxyl groups is 2. The molecule has 0 radical (unpaired) electrons. The van der Waals surface area contributed by atoms with E-state index < -0.39 is 6.10 Å². The van der Waals surface area contributed by atoms with Gasteiger partial charge in [0.05, 0.1) is 12.7 Å². The van der Waals surface area contributed by atoms with Crippen molar-refractivity contribution in [2.45, 2.75) is 26.0 Å². The summed E-state index contributed by atoms with van der Waals surface area (Å²) in [4.78, 5) is 2.20. The summed E-state index contributed by atoms with van der Waals surface area (Å²) in [5, 5.41) is 22.5. The Balaban J connectivity index is 1.98. The van der Waals surface area contributed by atoms with E-state index in [0.717, 1.165) is 17.1 Å². The van der Waals surface area contributed by atoms with Crippen LogP contribution >= 0.6 is 11.8 Å². The summed E-state index contributed by atoms with van der Waals surface area (Å²) in [5.74, 6) is 1.30.